The summed E-state index contributed by atoms with van der Waals surface area (Å²) in [7, 11) is -4.25. The number of nitrogens with one attached hydrogen (secondary N) is 1. The second-order valence-corrected chi connectivity index (χ2v) is 9.59. The smallest absolute Gasteiger partial charge is 0.212 e. The highest BCUT2D eigenvalue weighted by Crippen LogP contribution is 2.27. The number of thiophene rings is 1. The Morgan fingerprint density at radius 3 is 2.39 bits per heavy atom. The van der Waals surface area contributed by atoms with Crippen molar-refractivity contribution < 1.29 is 16.8 Å². The third-order valence-electron chi connectivity index (χ3n) is 2.04. The van der Waals surface area contributed by atoms with Crippen molar-refractivity contribution in [3.63, 3.8) is 0 Å². The van der Waals surface area contributed by atoms with E-state index in [1.807, 2.05) is 0 Å². The molecule has 0 aliphatic heterocycles. The topological polar surface area (TPSA) is 83.6 Å². The van der Waals surface area contributed by atoms with Crippen molar-refractivity contribution in [1.82, 2.24) is 9.03 Å². The molecule has 0 aliphatic carbocycles. The molecule has 0 fully saturated rings. The molecule has 0 radical (unpaired) electrons. The van der Waals surface area contributed by atoms with Crippen molar-refractivity contribution in [2.45, 2.75) is 4.21 Å². The maximum atomic E-state index is 11.8. The number of nitrogens with zero attached hydrogens (tertiary/aromatic N) is 1. The van der Waals surface area contributed by atoms with Crippen LogP contribution in [-0.4, -0.2) is 47.5 Å². The lowest BCUT2D eigenvalue weighted by Crippen LogP contribution is -2.33. The molecule has 0 saturated heterocycles. The molecule has 1 N–H and O–H groups in total. The van der Waals surface area contributed by atoms with Crippen LogP contribution in [0.25, 0.3) is 0 Å². The summed E-state index contributed by atoms with van der Waals surface area (Å²) in [4.78, 5) is 0. The van der Waals surface area contributed by atoms with Gasteiger partial charge in [-0.05, 0) is 27.4 Å². The highest BCUT2D eigenvalue weighted by atomic mass is 79.9. The Balaban J connectivity index is 2.68. The van der Waals surface area contributed by atoms with Crippen LogP contribution in [0.2, 0.25) is 0 Å². The predicted molar refractivity (Wildman–Crippen MR) is 74.7 cm³/mol. The molecule has 104 valence electrons. The molecule has 18 heavy (non-hydrogen) atoms. The van der Waals surface area contributed by atoms with E-state index in [0.717, 1.165) is 15.6 Å². The molecule has 1 aromatic heterocycles. The minimum absolute atomic E-state index is 0.143. The first-order valence-electron chi connectivity index (χ1n) is 4.79. The Kier molecular flexibility index (Phi) is 5.32. The fourth-order valence-electron chi connectivity index (χ4n) is 1.02. The lowest BCUT2D eigenvalue weighted by molar-refractivity contribution is 0.519. The van der Waals surface area contributed by atoms with Gasteiger partial charge in [0.2, 0.25) is 10.0 Å². The average Bonchev–Trinajstić information content (AvgIpc) is 2.64. The van der Waals surface area contributed by atoms with E-state index in [1.165, 1.54) is 14.1 Å². The summed E-state index contributed by atoms with van der Waals surface area (Å²) in [5.74, 6) is -0.276. The van der Waals surface area contributed by atoms with Crippen LogP contribution < -0.4 is 4.72 Å². The highest BCUT2D eigenvalue weighted by molar-refractivity contribution is 9.10. The van der Waals surface area contributed by atoms with Gasteiger partial charge in [0.15, 0.2) is 0 Å². The molecule has 0 bridgehead atoms. The summed E-state index contributed by atoms with van der Waals surface area (Å²) in [6, 6.07) is 1.62. The van der Waals surface area contributed by atoms with E-state index < -0.39 is 20.0 Å². The monoisotopic (exact) mass is 376 g/mol. The zero-order valence-electron chi connectivity index (χ0n) is 9.75. The van der Waals surface area contributed by atoms with Gasteiger partial charge in [-0.3, -0.25) is 0 Å². The number of hydrogen-bond donors (Lipinski definition) is 1. The molecule has 0 aromatic carbocycles. The fourth-order valence-corrected chi connectivity index (χ4v) is 5.29. The van der Waals surface area contributed by atoms with Gasteiger partial charge in [0.25, 0.3) is 10.0 Å². The van der Waals surface area contributed by atoms with Crippen LogP contribution in [0.5, 0.6) is 0 Å². The lowest BCUT2D eigenvalue weighted by atomic mass is 10.7. The van der Waals surface area contributed by atoms with Crippen molar-refractivity contribution in [3.05, 3.63) is 15.9 Å². The zero-order valence-corrected chi connectivity index (χ0v) is 13.8. The maximum Gasteiger partial charge on any atom is 0.251 e. The first-order chi connectivity index (χ1) is 8.17. The molecule has 6 nitrogen and oxygen atoms in total. The summed E-state index contributed by atoms with van der Waals surface area (Å²) in [5, 5.41) is 1.63. The Morgan fingerprint density at radius 1 is 1.33 bits per heavy atom. The zero-order chi connectivity index (χ0) is 14.0. The Labute approximate surface area is 119 Å². The number of halogens is 1. The van der Waals surface area contributed by atoms with Gasteiger partial charge in [0, 0.05) is 25.1 Å². The van der Waals surface area contributed by atoms with Crippen LogP contribution in [-0.2, 0) is 20.0 Å². The van der Waals surface area contributed by atoms with Gasteiger partial charge in [-0.25, -0.2) is 25.9 Å². The molecular weight excluding hydrogens is 364 g/mol. The van der Waals surface area contributed by atoms with E-state index in [-0.39, 0.29) is 16.5 Å². The van der Waals surface area contributed by atoms with Crippen LogP contribution in [0, 0.1) is 0 Å². The normalized spacial score (nSPS) is 13.1. The van der Waals surface area contributed by atoms with Crippen LogP contribution in [0.4, 0.5) is 0 Å². The van der Waals surface area contributed by atoms with Gasteiger partial charge in [-0.2, -0.15) is 0 Å². The molecule has 0 unspecified atom stereocenters. The summed E-state index contributed by atoms with van der Waals surface area (Å²) in [6.07, 6.45) is 0. The van der Waals surface area contributed by atoms with E-state index in [0.29, 0.717) is 4.47 Å². The first-order valence-corrected chi connectivity index (χ1v) is 9.56. The number of rotatable bonds is 6. The molecule has 1 rings (SSSR count). The Morgan fingerprint density at radius 2 is 1.94 bits per heavy atom. The SMILES string of the molecule is CN(C)S(=O)(=O)CCNS(=O)(=O)c1sccc1Br. The van der Waals surface area contributed by atoms with E-state index in [4.69, 9.17) is 0 Å². The molecule has 10 heteroatoms. The van der Waals surface area contributed by atoms with E-state index >= 15 is 0 Å². The number of hydrogen-bond acceptors (Lipinski definition) is 5. The van der Waals surface area contributed by atoms with Crippen LogP contribution >= 0.6 is 27.3 Å². The van der Waals surface area contributed by atoms with Gasteiger partial charge in [0.05, 0.1) is 5.75 Å². The van der Waals surface area contributed by atoms with Crippen LogP contribution in [0.15, 0.2) is 20.1 Å². The molecule has 0 amide bonds. The van der Waals surface area contributed by atoms with E-state index in [2.05, 4.69) is 20.7 Å². The molecule has 0 saturated carbocycles. The second kappa shape index (κ2) is 5.97. The lowest BCUT2D eigenvalue weighted by Gasteiger charge is -2.11. The summed E-state index contributed by atoms with van der Waals surface area (Å²) in [6.45, 7) is -0.160. The van der Waals surface area contributed by atoms with Gasteiger partial charge >= 0.3 is 0 Å². The van der Waals surface area contributed by atoms with Crippen molar-refractivity contribution >= 4 is 47.3 Å². The quantitative estimate of drug-likeness (QED) is 0.790. The first kappa shape index (κ1) is 16.1. The van der Waals surface area contributed by atoms with Gasteiger partial charge in [-0.1, -0.05) is 0 Å². The average molecular weight is 377 g/mol. The maximum absolute atomic E-state index is 11.8. The Hall–Kier alpha value is -0.000000000000000111. The standard InChI is InChI=1S/C8H13BrN2O4S3/c1-11(2)17(12,13)6-4-10-18(14,15)8-7(9)3-5-16-8/h3,5,10H,4,6H2,1-2H3. The largest absolute Gasteiger partial charge is 0.251 e. The van der Waals surface area contributed by atoms with Gasteiger partial charge < -0.3 is 0 Å². The van der Waals surface area contributed by atoms with Crippen molar-refractivity contribution in [1.29, 1.82) is 0 Å². The molecule has 1 heterocycles. The van der Waals surface area contributed by atoms with Crippen molar-refractivity contribution in [3.8, 4) is 0 Å². The summed E-state index contributed by atoms with van der Waals surface area (Å²) < 4.78 is 50.5. The Bertz CT molecular complexity index is 606. The predicted octanol–water partition coefficient (Wildman–Crippen LogP) is 0.680. The molecule has 0 aliphatic rings. The highest BCUT2D eigenvalue weighted by Gasteiger charge is 2.20. The summed E-state index contributed by atoms with van der Waals surface area (Å²) >= 11 is 4.19. The third-order valence-corrected chi connectivity index (χ3v) is 8.00. The number of sulfonamides is 2. The van der Waals surface area contributed by atoms with Gasteiger partial charge in [-0.15, -0.1) is 11.3 Å². The minimum Gasteiger partial charge on any atom is -0.212 e. The molecular formula is C8H13BrN2O4S3. The van der Waals surface area contributed by atoms with Crippen molar-refractivity contribution in [2.24, 2.45) is 0 Å². The minimum atomic E-state index is -3.66. The molecule has 0 atom stereocenters. The van der Waals surface area contributed by atoms with E-state index in [1.54, 1.807) is 11.4 Å². The summed E-state index contributed by atoms with van der Waals surface area (Å²) in [5.41, 5.74) is 0. The third kappa shape index (κ3) is 4.00. The molecule has 1 aromatic rings. The van der Waals surface area contributed by atoms with Crippen molar-refractivity contribution in [2.75, 3.05) is 26.4 Å². The second-order valence-electron chi connectivity index (χ2n) is 3.55. The van der Waals surface area contributed by atoms with Gasteiger partial charge in [0.1, 0.15) is 4.21 Å². The van der Waals surface area contributed by atoms with Crippen LogP contribution in [0.1, 0.15) is 0 Å². The fraction of sp³-hybridized carbons (Fsp3) is 0.500. The van der Waals surface area contributed by atoms with Crippen LogP contribution in [0.3, 0.4) is 0 Å². The van der Waals surface area contributed by atoms with E-state index in [9.17, 15) is 16.8 Å². The molecule has 0 spiro atoms.